The molecule has 5 nitrogen and oxygen atoms in total. The zero-order valence-electron chi connectivity index (χ0n) is 12.0. The molecule has 1 aromatic carbocycles. The van der Waals surface area contributed by atoms with Crippen molar-refractivity contribution in [1.29, 1.82) is 0 Å². The predicted molar refractivity (Wildman–Crippen MR) is 82.8 cm³/mol. The van der Waals surface area contributed by atoms with Gasteiger partial charge in [-0.3, -0.25) is 4.79 Å². The number of benzene rings is 1. The van der Waals surface area contributed by atoms with Crippen LogP contribution in [-0.2, 0) is 14.8 Å². The molecule has 7 heteroatoms. The Balaban J connectivity index is 2.78. The van der Waals surface area contributed by atoms with Gasteiger partial charge in [0, 0.05) is 17.5 Å². The first kappa shape index (κ1) is 17.9. The number of carbonyl (C=O) groups is 1. The molecule has 0 amide bonds. The minimum atomic E-state index is -3.53. The van der Waals surface area contributed by atoms with Gasteiger partial charge in [0.05, 0.1) is 5.75 Å². The van der Waals surface area contributed by atoms with Crippen LogP contribution in [0.2, 0.25) is 5.02 Å². The lowest BCUT2D eigenvalue weighted by Gasteiger charge is -2.22. The zero-order chi connectivity index (χ0) is 16.0. The quantitative estimate of drug-likeness (QED) is 0.766. The maximum absolute atomic E-state index is 12.0. The van der Waals surface area contributed by atoms with Crippen molar-refractivity contribution in [3.8, 4) is 0 Å². The van der Waals surface area contributed by atoms with E-state index in [0.717, 1.165) is 5.56 Å². The normalized spacial score (nSPS) is 13.3. The maximum Gasteiger partial charge on any atom is 0.303 e. The van der Waals surface area contributed by atoms with E-state index in [1.807, 2.05) is 13.8 Å². The van der Waals surface area contributed by atoms with Gasteiger partial charge in [-0.05, 0) is 30.0 Å². The molecule has 0 bridgehead atoms. The molecule has 2 N–H and O–H groups in total. The van der Waals surface area contributed by atoms with E-state index in [9.17, 15) is 13.2 Å². The van der Waals surface area contributed by atoms with Gasteiger partial charge in [0.2, 0.25) is 10.0 Å². The Hall–Kier alpha value is -1.11. The second-order valence-corrected chi connectivity index (χ2v) is 7.52. The number of aliphatic carboxylic acids is 1. The molecule has 0 heterocycles. The predicted octanol–water partition coefficient (Wildman–Crippen LogP) is 2.82. The van der Waals surface area contributed by atoms with Crippen LogP contribution in [0.3, 0.4) is 0 Å². The molecular weight excluding hydrogens is 314 g/mol. The lowest BCUT2D eigenvalue weighted by molar-refractivity contribution is -0.137. The smallest absolute Gasteiger partial charge is 0.303 e. The Morgan fingerprint density at radius 3 is 2.33 bits per heavy atom. The van der Waals surface area contributed by atoms with Gasteiger partial charge in [-0.25, -0.2) is 13.1 Å². The van der Waals surface area contributed by atoms with Gasteiger partial charge >= 0.3 is 5.97 Å². The molecule has 0 fully saturated rings. The number of nitrogens with one attached hydrogen (secondary N) is 1. The lowest BCUT2D eigenvalue weighted by atomic mass is 9.97. The third kappa shape index (κ3) is 6.46. The Morgan fingerprint density at radius 2 is 1.86 bits per heavy atom. The monoisotopic (exact) mass is 333 g/mol. The molecule has 0 saturated heterocycles. The van der Waals surface area contributed by atoms with Crippen LogP contribution < -0.4 is 4.72 Å². The molecule has 21 heavy (non-hydrogen) atoms. The molecule has 1 aromatic rings. The van der Waals surface area contributed by atoms with Crippen LogP contribution in [0, 0.1) is 5.92 Å². The summed E-state index contributed by atoms with van der Waals surface area (Å²) < 4.78 is 26.7. The summed E-state index contributed by atoms with van der Waals surface area (Å²) in [4.78, 5) is 10.4. The molecule has 1 atom stereocenters. The number of hydrogen-bond acceptors (Lipinski definition) is 3. The SMILES string of the molecule is CC(C)C(NS(=O)(=O)CCCC(=O)O)c1ccc(Cl)cc1. The van der Waals surface area contributed by atoms with Gasteiger partial charge in [-0.2, -0.15) is 0 Å². The minimum absolute atomic E-state index is 0.0559. The Morgan fingerprint density at radius 1 is 1.29 bits per heavy atom. The minimum Gasteiger partial charge on any atom is -0.481 e. The highest BCUT2D eigenvalue weighted by Gasteiger charge is 2.22. The first-order chi connectivity index (χ1) is 9.71. The van der Waals surface area contributed by atoms with Gasteiger partial charge in [-0.15, -0.1) is 0 Å². The fourth-order valence-electron chi connectivity index (χ4n) is 1.92. The number of hydrogen-bond donors (Lipinski definition) is 2. The number of rotatable bonds is 8. The topological polar surface area (TPSA) is 83.5 Å². The second kappa shape index (κ2) is 7.77. The summed E-state index contributed by atoms with van der Waals surface area (Å²) >= 11 is 5.83. The van der Waals surface area contributed by atoms with E-state index in [-0.39, 0.29) is 30.6 Å². The maximum atomic E-state index is 12.0. The van der Waals surface area contributed by atoms with Crippen molar-refractivity contribution < 1.29 is 18.3 Å². The molecule has 0 radical (unpaired) electrons. The first-order valence-electron chi connectivity index (χ1n) is 6.68. The fourth-order valence-corrected chi connectivity index (χ4v) is 3.49. The Labute approximate surface area is 130 Å². The standard InChI is InChI=1S/C14H20ClNO4S/c1-10(2)14(11-5-7-12(15)8-6-11)16-21(19,20)9-3-4-13(17)18/h5-8,10,14,16H,3-4,9H2,1-2H3,(H,17,18). The van der Waals surface area contributed by atoms with Crippen molar-refractivity contribution >= 4 is 27.6 Å². The van der Waals surface area contributed by atoms with E-state index < -0.39 is 16.0 Å². The summed E-state index contributed by atoms with van der Waals surface area (Å²) in [5.41, 5.74) is 0.830. The molecule has 0 spiro atoms. The molecule has 118 valence electrons. The van der Waals surface area contributed by atoms with E-state index in [4.69, 9.17) is 16.7 Å². The highest BCUT2D eigenvalue weighted by atomic mass is 35.5. The van der Waals surface area contributed by atoms with Crippen molar-refractivity contribution in [2.75, 3.05) is 5.75 Å². The third-order valence-electron chi connectivity index (χ3n) is 3.01. The van der Waals surface area contributed by atoms with Crippen LogP contribution in [-0.4, -0.2) is 25.2 Å². The Kier molecular flexibility index (Phi) is 6.64. The molecule has 1 unspecified atom stereocenters. The zero-order valence-corrected chi connectivity index (χ0v) is 13.6. The Bertz CT molecular complexity index is 569. The summed E-state index contributed by atoms with van der Waals surface area (Å²) in [6, 6.07) is 6.63. The first-order valence-corrected chi connectivity index (χ1v) is 8.71. The van der Waals surface area contributed by atoms with Crippen LogP contribution >= 0.6 is 11.6 Å². The van der Waals surface area contributed by atoms with Gasteiger partial charge in [0.25, 0.3) is 0 Å². The summed E-state index contributed by atoms with van der Waals surface area (Å²) in [6.07, 6.45) is -0.0652. The average Bonchev–Trinajstić information content (AvgIpc) is 2.36. The van der Waals surface area contributed by atoms with Crippen molar-refractivity contribution in [1.82, 2.24) is 4.72 Å². The van der Waals surface area contributed by atoms with Gasteiger partial charge < -0.3 is 5.11 Å². The summed E-state index contributed by atoms with van der Waals surface area (Å²) in [5.74, 6) is -1.14. The lowest BCUT2D eigenvalue weighted by Crippen LogP contribution is -2.33. The van der Waals surface area contributed by atoms with Crippen LogP contribution in [0.25, 0.3) is 0 Å². The largest absolute Gasteiger partial charge is 0.481 e. The highest BCUT2D eigenvalue weighted by Crippen LogP contribution is 2.24. The molecule has 1 rings (SSSR count). The van der Waals surface area contributed by atoms with Crippen LogP contribution in [0.5, 0.6) is 0 Å². The van der Waals surface area contributed by atoms with Crippen LogP contribution in [0.15, 0.2) is 24.3 Å². The number of sulfonamides is 1. The number of carboxylic acid groups (broad SMARTS) is 1. The highest BCUT2D eigenvalue weighted by molar-refractivity contribution is 7.89. The van der Waals surface area contributed by atoms with Gasteiger partial charge in [-0.1, -0.05) is 37.6 Å². The molecule has 0 aromatic heterocycles. The number of carboxylic acids is 1. The molecule has 0 saturated carbocycles. The average molecular weight is 334 g/mol. The third-order valence-corrected chi connectivity index (χ3v) is 4.70. The van der Waals surface area contributed by atoms with E-state index >= 15 is 0 Å². The molecule has 0 aliphatic carbocycles. The van der Waals surface area contributed by atoms with E-state index in [2.05, 4.69) is 4.72 Å². The van der Waals surface area contributed by atoms with Gasteiger partial charge in [0.15, 0.2) is 0 Å². The van der Waals surface area contributed by atoms with E-state index in [0.29, 0.717) is 5.02 Å². The summed E-state index contributed by atoms with van der Waals surface area (Å²) in [5, 5.41) is 9.15. The van der Waals surface area contributed by atoms with Crippen molar-refractivity contribution in [2.24, 2.45) is 5.92 Å². The van der Waals surface area contributed by atoms with E-state index in [1.54, 1.807) is 24.3 Å². The number of halogens is 1. The van der Waals surface area contributed by atoms with Crippen molar-refractivity contribution in [2.45, 2.75) is 32.7 Å². The van der Waals surface area contributed by atoms with Crippen molar-refractivity contribution in [3.63, 3.8) is 0 Å². The van der Waals surface area contributed by atoms with Crippen molar-refractivity contribution in [3.05, 3.63) is 34.9 Å². The summed E-state index contributed by atoms with van der Waals surface area (Å²) in [7, 11) is -3.53. The molecule has 0 aliphatic heterocycles. The van der Waals surface area contributed by atoms with Crippen LogP contribution in [0.1, 0.15) is 38.3 Å². The van der Waals surface area contributed by atoms with Gasteiger partial charge in [0.1, 0.15) is 0 Å². The molecule has 0 aliphatic rings. The van der Waals surface area contributed by atoms with E-state index in [1.165, 1.54) is 0 Å². The second-order valence-electron chi connectivity index (χ2n) is 5.21. The molecular formula is C14H20ClNO4S. The summed E-state index contributed by atoms with van der Waals surface area (Å²) in [6.45, 7) is 3.83. The van der Waals surface area contributed by atoms with Crippen LogP contribution in [0.4, 0.5) is 0 Å². The fraction of sp³-hybridized carbons (Fsp3) is 0.500.